The van der Waals surface area contributed by atoms with Crippen LogP contribution in [0.5, 0.6) is 0 Å². The average molecular weight is 152 g/mol. The first-order chi connectivity index (χ1) is 5.10. The number of hydrogen-bond donors (Lipinski definition) is 1. The van der Waals surface area contributed by atoms with E-state index in [1.54, 1.807) is 6.92 Å². The number of carbonyl (C=O) groups is 1. The molecule has 2 nitrogen and oxygen atoms in total. The Morgan fingerprint density at radius 1 is 1.82 bits per heavy atom. The summed E-state index contributed by atoms with van der Waals surface area (Å²) in [5.74, 6) is 4.88. The summed E-state index contributed by atoms with van der Waals surface area (Å²) in [4.78, 5) is 10.5. The Morgan fingerprint density at radius 2 is 2.45 bits per heavy atom. The summed E-state index contributed by atoms with van der Waals surface area (Å²) < 4.78 is 0. The fourth-order valence-electron chi connectivity index (χ4n) is 1.28. The largest absolute Gasteiger partial charge is 0.481 e. The molecule has 0 aliphatic heterocycles. The van der Waals surface area contributed by atoms with Gasteiger partial charge in [0.1, 0.15) is 0 Å². The summed E-state index contributed by atoms with van der Waals surface area (Å²) in [6.45, 7) is 3.76. The van der Waals surface area contributed by atoms with Crippen LogP contribution in [0.4, 0.5) is 0 Å². The predicted molar refractivity (Wildman–Crippen MR) is 41.9 cm³/mol. The normalized spacial score (nSPS) is 33.8. The van der Waals surface area contributed by atoms with E-state index < -0.39 is 5.97 Å². The molecular weight excluding hydrogens is 140 g/mol. The third-order valence-corrected chi connectivity index (χ3v) is 2.32. The van der Waals surface area contributed by atoms with Gasteiger partial charge in [0, 0.05) is 6.42 Å². The first-order valence-electron chi connectivity index (χ1n) is 3.72. The number of hydrogen-bond acceptors (Lipinski definition) is 1. The molecule has 1 fully saturated rings. The van der Waals surface area contributed by atoms with Crippen molar-refractivity contribution in [2.75, 3.05) is 0 Å². The first-order valence-corrected chi connectivity index (χ1v) is 3.72. The molecule has 1 aliphatic carbocycles. The number of aliphatic carboxylic acids is 1. The summed E-state index contributed by atoms with van der Waals surface area (Å²) in [6.07, 6.45) is 1.51. The minimum Gasteiger partial charge on any atom is -0.481 e. The molecule has 1 aliphatic rings. The Labute approximate surface area is 66.6 Å². The van der Waals surface area contributed by atoms with Crippen molar-refractivity contribution in [1.82, 2.24) is 0 Å². The molecule has 0 radical (unpaired) electrons. The number of carboxylic acids is 1. The van der Waals surface area contributed by atoms with Gasteiger partial charge in [-0.15, -0.1) is 11.8 Å². The third kappa shape index (κ3) is 1.54. The van der Waals surface area contributed by atoms with Crippen LogP contribution in [0.15, 0.2) is 0 Å². The standard InChI is InChI=1S/C9H12O2/c1-3-4-5-9(2)6-7(9)8(10)11/h7H,5-6H2,1-2H3,(H,10,11)/t7-,9-/m1/s1. The highest BCUT2D eigenvalue weighted by molar-refractivity contribution is 5.74. The highest BCUT2D eigenvalue weighted by atomic mass is 16.4. The van der Waals surface area contributed by atoms with Gasteiger partial charge >= 0.3 is 5.97 Å². The maximum atomic E-state index is 10.5. The molecule has 0 heterocycles. The van der Waals surface area contributed by atoms with Gasteiger partial charge in [-0.3, -0.25) is 4.79 Å². The average Bonchev–Trinajstić information content (AvgIpc) is 2.60. The van der Waals surface area contributed by atoms with Gasteiger partial charge in [0.2, 0.25) is 0 Å². The lowest BCUT2D eigenvalue weighted by Gasteiger charge is -2.01. The molecule has 0 aromatic rings. The van der Waals surface area contributed by atoms with E-state index >= 15 is 0 Å². The molecule has 1 rings (SSSR count). The van der Waals surface area contributed by atoms with Crippen molar-refractivity contribution in [3.63, 3.8) is 0 Å². The van der Waals surface area contributed by atoms with Gasteiger partial charge in [-0.05, 0) is 18.8 Å². The highest BCUT2D eigenvalue weighted by Gasteiger charge is 2.54. The fraction of sp³-hybridized carbons (Fsp3) is 0.667. The number of rotatable bonds is 2. The van der Waals surface area contributed by atoms with E-state index in [-0.39, 0.29) is 11.3 Å². The van der Waals surface area contributed by atoms with Gasteiger partial charge in [0.05, 0.1) is 5.92 Å². The maximum Gasteiger partial charge on any atom is 0.307 e. The second-order valence-corrected chi connectivity index (χ2v) is 3.35. The van der Waals surface area contributed by atoms with Crippen LogP contribution < -0.4 is 0 Å². The fourth-order valence-corrected chi connectivity index (χ4v) is 1.28. The molecule has 1 N–H and O–H groups in total. The van der Waals surface area contributed by atoms with Crippen LogP contribution in [-0.2, 0) is 4.79 Å². The predicted octanol–water partition coefficient (Wildman–Crippen LogP) is 1.51. The highest BCUT2D eigenvalue weighted by Crippen LogP contribution is 2.54. The Kier molecular flexibility index (Phi) is 1.90. The minimum atomic E-state index is -0.676. The Bertz CT molecular complexity index is 234. The van der Waals surface area contributed by atoms with Crippen molar-refractivity contribution in [3.8, 4) is 11.8 Å². The van der Waals surface area contributed by atoms with Crippen LogP contribution >= 0.6 is 0 Å². The van der Waals surface area contributed by atoms with Gasteiger partial charge in [-0.25, -0.2) is 0 Å². The van der Waals surface area contributed by atoms with Crippen LogP contribution in [0.1, 0.15) is 26.7 Å². The van der Waals surface area contributed by atoms with Crippen LogP contribution in [0.25, 0.3) is 0 Å². The second-order valence-electron chi connectivity index (χ2n) is 3.35. The molecule has 2 heteroatoms. The Morgan fingerprint density at radius 3 is 2.82 bits per heavy atom. The van der Waals surface area contributed by atoms with Crippen molar-refractivity contribution in [2.24, 2.45) is 11.3 Å². The summed E-state index contributed by atoms with van der Waals surface area (Å²) in [5, 5.41) is 8.64. The summed E-state index contributed by atoms with van der Waals surface area (Å²) in [7, 11) is 0. The smallest absolute Gasteiger partial charge is 0.307 e. The van der Waals surface area contributed by atoms with Crippen molar-refractivity contribution in [2.45, 2.75) is 26.7 Å². The molecule has 0 spiro atoms. The monoisotopic (exact) mass is 152 g/mol. The van der Waals surface area contributed by atoms with Gasteiger partial charge in [0.25, 0.3) is 0 Å². The molecule has 0 aromatic carbocycles. The van der Waals surface area contributed by atoms with Crippen LogP contribution in [-0.4, -0.2) is 11.1 Å². The molecule has 1 saturated carbocycles. The molecular formula is C9H12O2. The summed E-state index contributed by atoms with van der Waals surface area (Å²) in [5.41, 5.74) is -0.0329. The first kappa shape index (κ1) is 8.13. The summed E-state index contributed by atoms with van der Waals surface area (Å²) in [6, 6.07) is 0. The van der Waals surface area contributed by atoms with Crippen molar-refractivity contribution in [1.29, 1.82) is 0 Å². The summed E-state index contributed by atoms with van der Waals surface area (Å²) >= 11 is 0. The van der Waals surface area contributed by atoms with E-state index in [1.165, 1.54) is 0 Å². The topological polar surface area (TPSA) is 37.3 Å². The number of carboxylic acid groups (broad SMARTS) is 1. The zero-order valence-electron chi connectivity index (χ0n) is 6.85. The Hall–Kier alpha value is -0.970. The lowest BCUT2D eigenvalue weighted by molar-refractivity contribution is -0.139. The molecule has 60 valence electrons. The lowest BCUT2D eigenvalue weighted by Crippen LogP contribution is -2.05. The minimum absolute atomic E-state index is 0.0329. The van der Waals surface area contributed by atoms with Crippen LogP contribution in [0.3, 0.4) is 0 Å². The molecule has 2 atom stereocenters. The van der Waals surface area contributed by atoms with Gasteiger partial charge in [-0.1, -0.05) is 6.92 Å². The molecule has 0 bridgehead atoms. The van der Waals surface area contributed by atoms with Crippen LogP contribution in [0.2, 0.25) is 0 Å². The lowest BCUT2D eigenvalue weighted by atomic mass is 10.0. The van der Waals surface area contributed by atoms with Gasteiger partial charge in [0.15, 0.2) is 0 Å². The zero-order chi connectivity index (χ0) is 8.48. The molecule has 0 aromatic heterocycles. The molecule has 0 saturated heterocycles. The SMILES string of the molecule is CC#CC[C@]1(C)C[C@@H]1C(=O)O. The van der Waals surface area contributed by atoms with E-state index in [0.29, 0.717) is 0 Å². The van der Waals surface area contributed by atoms with Crippen molar-refractivity contribution in [3.05, 3.63) is 0 Å². The van der Waals surface area contributed by atoms with E-state index in [4.69, 9.17) is 5.11 Å². The molecule has 0 unspecified atom stereocenters. The third-order valence-electron chi connectivity index (χ3n) is 2.32. The molecule has 11 heavy (non-hydrogen) atoms. The van der Waals surface area contributed by atoms with Gasteiger partial charge < -0.3 is 5.11 Å². The Balaban J connectivity index is 2.47. The maximum absolute atomic E-state index is 10.5. The van der Waals surface area contributed by atoms with E-state index in [0.717, 1.165) is 12.8 Å². The van der Waals surface area contributed by atoms with Crippen molar-refractivity contribution < 1.29 is 9.90 Å². The van der Waals surface area contributed by atoms with Gasteiger partial charge in [-0.2, -0.15) is 0 Å². The van der Waals surface area contributed by atoms with E-state index in [9.17, 15) is 4.79 Å². The molecule has 0 amide bonds. The second kappa shape index (κ2) is 2.58. The van der Waals surface area contributed by atoms with Crippen molar-refractivity contribution >= 4 is 5.97 Å². The van der Waals surface area contributed by atoms with E-state index in [2.05, 4.69) is 11.8 Å². The quantitative estimate of drug-likeness (QED) is 0.609. The van der Waals surface area contributed by atoms with E-state index in [1.807, 2.05) is 6.92 Å². The zero-order valence-corrected chi connectivity index (χ0v) is 6.85. The van der Waals surface area contributed by atoms with Crippen LogP contribution in [0, 0.1) is 23.2 Å².